The van der Waals surface area contributed by atoms with Crippen molar-refractivity contribution >= 4 is 5.69 Å². The first-order valence-corrected chi connectivity index (χ1v) is 6.75. The van der Waals surface area contributed by atoms with Gasteiger partial charge < -0.3 is 10.6 Å². The van der Waals surface area contributed by atoms with E-state index in [-0.39, 0.29) is 0 Å². The molecule has 2 heteroatoms. The molecular formula is C15H24N2. The third-order valence-corrected chi connectivity index (χ3v) is 4.08. The van der Waals surface area contributed by atoms with E-state index in [0.717, 1.165) is 24.8 Å². The molecule has 2 unspecified atom stereocenters. The number of rotatable bonds is 3. The lowest BCUT2D eigenvalue weighted by Crippen LogP contribution is -2.38. The second kappa shape index (κ2) is 5.54. The zero-order chi connectivity index (χ0) is 12.3. The standard InChI is InChI=1S/C15H24N2/c1-12-8-10-17(11-13(12)2)15-6-4-3-5-14(15)7-9-16/h3-6,12-13H,7-11,16H2,1-2H3. The number of nitrogens with zero attached hydrogens (tertiary/aromatic N) is 1. The van der Waals surface area contributed by atoms with E-state index in [1.54, 1.807) is 0 Å². The minimum Gasteiger partial charge on any atom is -0.371 e. The zero-order valence-corrected chi connectivity index (χ0v) is 11.0. The Morgan fingerprint density at radius 1 is 1.24 bits per heavy atom. The van der Waals surface area contributed by atoms with Crippen LogP contribution in [-0.4, -0.2) is 19.6 Å². The summed E-state index contributed by atoms with van der Waals surface area (Å²) in [7, 11) is 0. The molecule has 2 rings (SSSR count). The normalized spacial score (nSPS) is 25.0. The van der Waals surface area contributed by atoms with Crippen LogP contribution in [0.4, 0.5) is 5.69 Å². The van der Waals surface area contributed by atoms with Gasteiger partial charge in [-0.05, 0) is 42.9 Å². The fraction of sp³-hybridized carbons (Fsp3) is 0.600. The van der Waals surface area contributed by atoms with Crippen LogP contribution in [0.1, 0.15) is 25.8 Å². The van der Waals surface area contributed by atoms with Gasteiger partial charge in [-0.15, -0.1) is 0 Å². The second-order valence-electron chi connectivity index (χ2n) is 5.36. The van der Waals surface area contributed by atoms with Crippen LogP contribution in [0.5, 0.6) is 0 Å². The Hall–Kier alpha value is -1.02. The van der Waals surface area contributed by atoms with Crippen LogP contribution in [0, 0.1) is 11.8 Å². The molecule has 1 aliphatic heterocycles. The smallest absolute Gasteiger partial charge is 0.0399 e. The summed E-state index contributed by atoms with van der Waals surface area (Å²) in [4.78, 5) is 2.54. The molecule has 17 heavy (non-hydrogen) atoms. The molecule has 0 radical (unpaired) electrons. The Bertz CT molecular complexity index is 362. The Morgan fingerprint density at radius 3 is 2.71 bits per heavy atom. The molecule has 1 aliphatic rings. The predicted molar refractivity (Wildman–Crippen MR) is 74.4 cm³/mol. The van der Waals surface area contributed by atoms with Crippen molar-refractivity contribution in [2.75, 3.05) is 24.5 Å². The molecule has 2 nitrogen and oxygen atoms in total. The van der Waals surface area contributed by atoms with Gasteiger partial charge >= 0.3 is 0 Å². The average molecular weight is 232 g/mol. The molecule has 1 aromatic carbocycles. The van der Waals surface area contributed by atoms with Gasteiger partial charge in [0.15, 0.2) is 0 Å². The topological polar surface area (TPSA) is 29.3 Å². The van der Waals surface area contributed by atoms with Gasteiger partial charge in [0.25, 0.3) is 0 Å². The minimum atomic E-state index is 0.733. The van der Waals surface area contributed by atoms with Gasteiger partial charge in [-0.25, -0.2) is 0 Å². The fourth-order valence-corrected chi connectivity index (χ4v) is 2.67. The zero-order valence-electron chi connectivity index (χ0n) is 11.0. The summed E-state index contributed by atoms with van der Waals surface area (Å²) in [5.41, 5.74) is 8.49. The van der Waals surface area contributed by atoms with Gasteiger partial charge in [0, 0.05) is 18.8 Å². The van der Waals surface area contributed by atoms with Gasteiger partial charge in [-0.2, -0.15) is 0 Å². The maximum Gasteiger partial charge on any atom is 0.0399 e. The van der Waals surface area contributed by atoms with Crippen molar-refractivity contribution in [1.82, 2.24) is 0 Å². The maximum atomic E-state index is 5.69. The van der Waals surface area contributed by atoms with E-state index >= 15 is 0 Å². The van der Waals surface area contributed by atoms with Crippen LogP contribution >= 0.6 is 0 Å². The molecule has 0 amide bonds. The van der Waals surface area contributed by atoms with E-state index in [4.69, 9.17) is 5.73 Å². The van der Waals surface area contributed by atoms with Crippen molar-refractivity contribution < 1.29 is 0 Å². The van der Waals surface area contributed by atoms with Crippen LogP contribution in [0.25, 0.3) is 0 Å². The van der Waals surface area contributed by atoms with Crippen molar-refractivity contribution in [3.63, 3.8) is 0 Å². The number of benzene rings is 1. The third kappa shape index (κ3) is 2.81. The second-order valence-corrected chi connectivity index (χ2v) is 5.36. The van der Waals surface area contributed by atoms with Crippen LogP contribution in [0.2, 0.25) is 0 Å². The van der Waals surface area contributed by atoms with Crippen molar-refractivity contribution in [3.8, 4) is 0 Å². The Kier molecular flexibility index (Phi) is 4.06. The molecule has 0 aromatic heterocycles. The monoisotopic (exact) mass is 232 g/mol. The molecule has 0 spiro atoms. The summed E-state index contributed by atoms with van der Waals surface area (Å²) in [5.74, 6) is 1.64. The number of para-hydroxylation sites is 1. The lowest BCUT2D eigenvalue weighted by molar-refractivity contribution is 0.323. The number of anilines is 1. The average Bonchev–Trinajstić information content (AvgIpc) is 2.34. The highest BCUT2D eigenvalue weighted by atomic mass is 15.1. The number of piperidine rings is 1. The van der Waals surface area contributed by atoms with Crippen LogP contribution in [0.3, 0.4) is 0 Å². The molecule has 2 N–H and O–H groups in total. The van der Waals surface area contributed by atoms with Gasteiger partial charge in [0.05, 0.1) is 0 Å². The lowest BCUT2D eigenvalue weighted by Gasteiger charge is -2.37. The minimum absolute atomic E-state index is 0.733. The molecule has 0 saturated carbocycles. The Morgan fingerprint density at radius 2 is 2.00 bits per heavy atom. The molecule has 0 aliphatic carbocycles. The fourth-order valence-electron chi connectivity index (χ4n) is 2.67. The first kappa shape index (κ1) is 12.4. The molecule has 1 fully saturated rings. The summed E-state index contributed by atoms with van der Waals surface area (Å²) in [6, 6.07) is 8.71. The van der Waals surface area contributed by atoms with Crippen LogP contribution in [0.15, 0.2) is 24.3 Å². The van der Waals surface area contributed by atoms with E-state index in [2.05, 4.69) is 43.0 Å². The molecule has 1 heterocycles. The molecular weight excluding hydrogens is 208 g/mol. The highest BCUT2D eigenvalue weighted by Crippen LogP contribution is 2.29. The third-order valence-electron chi connectivity index (χ3n) is 4.08. The highest BCUT2D eigenvalue weighted by molar-refractivity contribution is 5.54. The molecule has 94 valence electrons. The van der Waals surface area contributed by atoms with E-state index in [1.807, 2.05) is 0 Å². The Labute approximate surface area is 105 Å². The molecule has 2 atom stereocenters. The summed E-state index contributed by atoms with van der Waals surface area (Å²) in [6.07, 6.45) is 2.29. The lowest BCUT2D eigenvalue weighted by atomic mass is 9.88. The quantitative estimate of drug-likeness (QED) is 0.868. The Balaban J connectivity index is 2.16. The van der Waals surface area contributed by atoms with Crippen LogP contribution in [-0.2, 0) is 6.42 Å². The molecule has 1 saturated heterocycles. The summed E-state index contributed by atoms with van der Waals surface area (Å²) in [6.45, 7) is 7.84. The summed E-state index contributed by atoms with van der Waals surface area (Å²) < 4.78 is 0. The number of nitrogens with two attached hydrogens (primary N) is 1. The van der Waals surface area contributed by atoms with Crippen molar-refractivity contribution in [2.24, 2.45) is 17.6 Å². The maximum absolute atomic E-state index is 5.69. The van der Waals surface area contributed by atoms with Crippen molar-refractivity contribution in [2.45, 2.75) is 26.7 Å². The number of hydrogen-bond donors (Lipinski definition) is 1. The van der Waals surface area contributed by atoms with Crippen molar-refractivity contribution in [1.29, 1.82) is 0 Å². The van der Waals surface area contributed by atoms with Gasteiger partial charge in [-0.1, -0.05) is 32.0 Å². The SMILES string of the molecule is CC1CCN(c2ccccc2CCN)CC1C. The number of hydrogen-bond acceptors (Lipinski definition) is 2. The van der Waals surface area contributed by atoms with E-state index < -0.39 is 0 Å². The van der Waals surface area contributed by atoms with Gasteiger partial charge in [-0.3, -0.25) is 0 Å². The van der Waals surface area contributed by atoms with E-state index in [1.165, 1.54) is 30.8 Å². The van der Waals surface area contributed by atoms with Crippen LogP contribution < -0.4 is 10.6 Å². The van der Waals surface area contributed by atoms with Gasteiger partial charge in [0.1, 0.15) is 0 Å². The highest BCUT2D eigenvalue weighted by Gasteiger charge is 2.23. The summed E-state index contributed by atoms with van der Waals surface area (Å²) in [5, 5.41) is 0. The first-order valence-electron chi connectivity index (χ1n) is 6.75. The largest absolute Gasteiger partial charge is 0.371 e. The van der Waals surface area contributed by atoms with E-state index in [0.29, 0.717) is 0 Å². The first-order chi connectivity index (χ1) is 8.22. The van der Waals surface area contributed by atoms with Gasteiger partial charge in [0.2, 0.25) is 0 Å². The van der Waals surface area contributed by atoms with Crippen molar-refractivity contribution in [3.05, 3.63) is 29.8 Å². The molecule has 0 bridgehead atoms. The predicted octanol–water partition coefficient (Wildman–Crippen LogP) is 2.67. The van der Waals surface area contributed by atoms with E-state index in [9.17, 15) is 0 Å². The molecule has 1 aromatic rings. The summed E-state index contributed by atoms with van der Waals surface area (Å²) >= 11 is 0.